The summed E-state index contributed by atoms with van der Waals surface area (Å²) in [5.41, 5.74) is 3.53. The number of nitrogens with zero attached hydrogens (tertiary/aromatic N) is 4. The van der Waals surface area contributed by atoms with E-state index >= 15 is 0 Å². The van der Waals surface area contributed by atoms with E-state index in [0.29, 0.717) is 0 Å². The molecule has 2 aromatic carbocycles. The fourth-order valence-electron chi connectivity index (χ4n) is 3.41. The highest BCUT2D eigenvalue weighted by Gasteiger charge is 2.17. The molecule has 1 saturated heterocycles. The molecule has 0 radical (unpaired) electrons. The van der Waals surface area contributed by atoms with Crippen LogP contribution in [0.1, 0.15) is 11.1 Å². The smallest absolute Gasteiger partial charge is 0.209 e. The van der Waals surface area contributed by atoms with E-state index in [1.165, 1.54) is 22.5 Å². The van der Waals surface area contributed by atoms with Gasteiger partial charge in [-0.1, -0.05) is 71.5 Å². The summed E-state index contributed by atoms with van der Waals surface area (Å²) in [6.07, 6.45) is 4.45. The Morgan fingerprint density at radius 1 is 1.00 bits per heavy atom. The molecule has 156 valence electrons. The topological polar surface area (TPSA) is 36.3 Å². The number of piperazine rings is 1. The Kier molecular flexibility index (Phi) is 7.07. The molecule has 5 nitrogen and oxygen atoms in total. The van der Waals surface area contributed by atoms with Crippen LogP contribution < -0.4 is 5.32 Å². The minimum Gasteiger partial charge on any atom is -0.330 e. The van der Waals surface area contributed by atoms with Gasteiger partial charge in [-0.2, -0.15) is 0 Å². The van der Waals surface area contributed by atoms with Crippen LogP contribution in [0.25, 0.3) is 6.08 Å². The monoisotopic (exact) mass is 437 g/mol. The molecule has 4 rings (SSSR count). The van der Waals surface area contributed by atoms with E-state index in [1.807, 2.05) is 10.7 Å². The Morgan fingerprint density at radius 3 is 2.43 bits per heavy atom. The lowest BCUT2D eigenvalue weighted by molar-refractivity contribution is 0.111. The van der Waals surface area contributed by atoms with Gasteiger partial charge in [0.1, 0.15) is 0 Å². The number of hydrogen-bond acceptors (Lipinski definition) is 6. The van der Waals surface area contributed by atoms with Gasteiger partial charge in [0.25, 0.3) is 0 Å². The quantitative estimate of drug-likeness (QED) is 0.526. The van der Waals surface area contributed by atoms with E-state index in [9.17, 15) is 0 Å². The van der Waals surface area contributed by atoms with Crippen molar-refractivity contribution in [3.63, 3.8) is 0 Å². The normalized spacial score (nSPS) is 15.6. The standard InChI is InChI=1S/C23H27N5S2/c1-19-9-11-21(12-10-19)24-22-25-28(23(29)30-22)18-27-16-14-26(15-17-27)13-5-8-20-6-3-2-4-7-20/h2-12H,13-18H2,1H3,(H,24,25)/b8-5+. The first kappa shape index (κ1) is 20.9. The van der Waals surface area contributed by atoms with Crippen molar-refractivity contribution in [3.05, 3.63) is 75.8 Å². The number of benzene rings is 2. The maximum Gasteiger partial charge on any atom is 0.209 e. The van der Waals surface area contributed by atoms with Gasteiger partial charge >= 0.3 is 0 Å². The fraction of sp³-hybridized carbons (Fsp3) is 0.304. The van der Waals surface area contributed by atoms with Crippen LogP contribution in [0.4, 0.5) is 10.8 Å². The second-order valence-corrected chi connectivity index (χ2v) is 9.16. The number of rotatable bonds is 7. The Hall–Kier alpha value is -2.32. The van der Waals surface area contributed by atoms with E-state index in [2.05, 4.69) is 87.8 Å². The Morgan fingerprint density at radius 2 is 1.70 bits per heavy atom. The minimum absolute atomic E-state index is 0.749. The van der Waals surface area contributed by atoms with Crippen molar-refractivity contribution in [2.45, 2.75) is 13.6 Å². The van der Waals surface area contributed by atoms with Gasteiger partial charge < -0.3 is 5.32 Å². The van der Waals surface area contributed by atoms with Gasteiger partial charge in [-0.05, 0) is 36.8 Å². The Bertz CT molecular complexity index is 1020. The van der Waals surface area contributed by atoms with Gasteiger partial charge in [-0.3, -0.25) is 9.80 Å². The highest BCUT2D eigenvalue weighted by molar-refractivity contribution is 7.73. The molecule has 1 aromatic heterocycles. The summed E-state index contributed by atoms with van der Waals surface area (Å²) in [5.74, 6) is 0. The zero-order chi connectivity index (χ0) is 20.8. The average molecular weight is 438 g/mol. The van der Waals surface area contributed by atoms with Gasteiger partial charge in [0, 0.05) is 38.4 Å². The lowest BCUT2D eigenvalue weighted by Crippen LogP contribution is -2.46. The molecule has 0 aliphatic carbocycles. The van der Waals surface area contributed by atoms with Crippen LogP contribution >= 0.6 is 23.6 Å². The van der Waals surface area contributed by atoms with Crippen molar-refractivity contribution in [1.29, 1.82) is 0 Å². The molecule has 7 heteroatoms. The Labute approximate surface area is 187 Å². The number of aromatic nitrogens is 2. The van der Waals surface area contributed by atoms with Crippen LogP contribution in [-0.2, 0) is 6.67 Å². The van der Waals surface area contributed by atoms with Gasteiger partial charge in [0.2, 0.25) is 5.13 Å². The van der Waals surface area contributed by atoms with Gasteiger partial charge in [0.05, 0.1) is 6.67 Å². The molecule has 0 atom stereocenters. The molecule has 0 spiro atoms. The predicted molar refractivity (Wildman–Crippen MR) is 129 cm³/mol. The molecule has 0 amide bonds. The highest BCUT2D eigenvalue weighted by Crippen LogP contribution is 2.21. The summed E-state index contributed by atoms with van der Waals surface area (Å²) in [4.78, 5) is 4.91. The van der Waals surface area contributed by atoms with Crippen LogP contribution in [0.5, 0.6) is 0 Å². The second kappa shape index (κ2) is 10.1. The van der Waals surface area contributed by atoms with Crippen molar-refractivity contribution in [1.82, 2.24) is 19.6 Å². The molecule has 3 aromatic rings. The Balaban J connectivity index is 1.26. The SMILES string of the molecule is Cc1ccc(Nc2nn(CN3CCN(C/C=C/c4ccccc4)CC3)c(=S)s2)cc1. The zero-order valence-corrected chi connectivity index (χ0v) is 18.8. The van der Waals surface area contributed by atoms with Gasteiger partial charge in [-0.15, -0.1) is 5.10 Å². The molecule has 1 fully saturated rings. The first-order valence-electron chi connectivity index (χ1n) is 10.2. The van der Waals surface area contributed by atoms with Crippen molar-refractivity contribution in [3.8, 4) is 0 Å². The summed E-state index contributed by atoms with van der Waals surface area (Å²) < 4.78 is 2.74. The van der Waals surface area contributed by atoms with E-state index in [4.69, 9.17) is 12.2 Å². The highest BCUT2D eigenvalue weighted by atomic mass is 32.1. The summed E-state index contributed by atoms with van der Waals surface area (Å²) in [7, 11) is 0. The maximum absolute atomic E-state index is 5.54. The van der Waals surface area contributed by atoms with E-state index in [-0.39, 0.29) is 0 Å². The van der Waals surface area contributed by atoms with Crippen LogP contribution in [0.3, 0.4) is 0 Å². The average Bonchev–Trinajstić information content (AvgIpc) is 3.10. The number of hydrogen-bond donors (Lipinski definition) is 1. The lowest BCUT2D eigenvalue weighted by Gasteiger charge is -2.33. The van der Waals surface area contributed by atoms with Crippen molar-refractivity contribution in [2.24, 2.45) is 0 Å². The molecule has 1 aliphatic rings. The molecule has 1 N–H and O–H groups in total. The van der Waals surface area contributed by atoms with E-state index in [1.54, 1.807) is 0 Å². The number of anilines is 2. The zero-order valence-electron chi connectivity index (χ0n) is 17.2. The van der Waals surface area contributed by atoms with Crippen molar-refractivity contribution < 1.29 is 0 Å². The fourth-order valence-corrected chi connectivity index (χ4v) is 4.42. The molecule has 0 bridgehead atoms. The summed E-state index contributed by atoms with van der Waals surface area (Å²) >= 11 is 7.06. The number of aryl methyl sites for hydroxylation is 1. The lowest BCUT2D eigenvalue weighted by atomic mass is 10.2. The maximum atomic E-state index is 5.54. The van der Waals surface area contributed by atoms with Crippen molar-refractivity contribution >= 4 is 40.4 Å². The van der Waals surface area contributed by atoms with E-state index < -0.39 is 0 Å². The second-order valence-electron chi connectivity index (χ2n) is 7.54. The first-order valence-corrected chi connectivity index (χ1v) is 11.5. The molecule has 1 aliphatic heterocycles. The van der Waals surface area contributed by atoms with Crippen LogP contribution in [-0.4, -0.2) is 52.3 Å². The third kappa shape index (κ3) is 5.86. The summed E-state index contributed by atoms with van der Waals surface area (Å²) in [6.45, 7) is 8.00. The molecular weight excluding hydrogens is 410 g/mol. The van der Waals surface area contributed by atoms with Crippen LogP contribution in [0.2, 0.25) is 0 Å². The van der Waals surface area contributed by atoms with Gasteiger partial charge in [-0.25, -0.2) is 4.68 Å². The third-order valence-corrected chi connectivity index (χ3v) is 6.40. The number of nitrogens with one attached hydrogen (secondary N) is 1. The third-order valence-electron chi connectivity index (χ3n) is 5.18. The minimum atomic E-state index is 0.749. The van der Waals surface area contributed by atoms with Crippen LogP contribution in [0, 0.1) is 10.9 Å². The van der Waals surface area contributed by atoms with Crippen molar-refractivity contribution in [2.75, 3.05) is 38.0 Å². The van der Waals surface area contributed by atoms with Crippen LogP contribution in [0.15, 0.2) is 60.7 Å². The summed E-state index contributed by atoms with van der Waals surface area (Å²) in [6, 6.07) is 18.8. The molecule has 0 saturated carbocycles. The molecule has 2 heterocycles. The largest absolute Gasteiger partial charge is 0.330 e. The van der Waals surface area contributed by atoms with Gasteiger partial charge in [0.15, 0.2) is 3.95 Å². The summed E-state index contributed by atoms with van der Waals surface area (Å²) in [5, 5.41) is 8.88. The molecular formula is C23H27N5S2. The molecule has 30 heavy (non-hydrogen) atoms. The first-order chi connectivity index (χ1) is 14.7. The predicted octanol–water partition coefficient (Wildman–Crippen LogP) is 5.01. The molecule has 0 unspecified atom stereocenters. The van der Waals surface area contributed by atoms with E-state index in [0.717, 1.165) is 54.2 Å².